The Bertz CT molecular complexity index is 1020. The van der Waals surface area contributed by atoms with Crippen LogP contribution >= 0.6 is 0 Å². The van der Waals surface area contributed by atoms with Crippen LogP contribution in [-0.2, 0) is 16.0 Å². The highest BCUT2D eigenvalue weighted by Gasteiger charge is 2.45. The van der Waals surface area contributed by atoms with E-state index in [1.807, 2.05) is 6.07 Å². The van der Waals surface area contributed by atoms with Crippen LogP contribution in [0.2, 0.25) is 0 Å². The third-order valence-electron chi connectivity index (χ3n) is 5.68. The molecule has 2 aliphatic rings. The number of fused-ring (bicyclic) bond motifs is 1. The van der Waals surface area contributed by atoms with Crippen LogP contribution in [0.3, 0.4) is 0 Å². The predicted octanol–water partition coefficient (Wildman–Crippen LogP) is 4.00. The van der Waals surface area contributed by atoms with E-state index < -0.39 is 17.4 Å². The highest BCUT2D eigenvalue weighted by Crippen LogP contribution is 2.47. The average molecular weight is 426 g/mol. The van der Waals surface area contributed by atoms with Gasteiger partial charge in [-0.05, 0) is 81.0 Å². The Morgan fingerprint density at radius 3 is 2.52 bits per heavy atom. The first-order chi connectivity index (χ1) is 14.6. The Balaban J connectivity index is 1.48. The maximum atomic E-state index is 13.8. The second kappa shape index (κ2) is 7.87. The summed E-state index contributed by atoms with van der Waals surface area (Å²) in [5.74, 6) is 0.202. The third kappa shape index (κ3) is 4.98. The lowest BCUT2D eigenvalue weighted by Gasteiger charge is -2.22. The number of piperidine rings is 1. The van der Waals surface area contributed by atoms with Crippen LogP contribution in [0.5, 0.6) is 0 Å². The fourth-order valence-corrected chi connectivity index (χ4v) is 4.14. The molecular formula is C24H28FN3O3. The summed E-state index contributed by atoms with van der Waals surface area (Å²) in [5.41, 5.74) is 8.21. The quantitative estimate of drug-likeness (QED) is 0.559. The monoisotopic (exact) mass is 425 g/mol. The van der Waals surface area contributed by atoms with Crippen LogP contribution in [-0.4, -0.2) is 30.6 Å². The Labute approximate surface area is 181 Å². The van der Waals surface area contributed by atoms with Crippen molar-refractivity contribution in [1.82, 2.24) is 0 Å². The molecule has 1 aliphatic carbocycles. The molecule has 31 heavy (non-hydrogen) atoms. The van der Waals surface area contributed by atoms with Gasteiger partial charge in [-0.2, -0.15) is 0 Å². The number of amides is 1. The number of esters is 1. The molecule has 0 spiro atoms. The molecule has 164 valence electrons. The zero-order valence-electron chi connectivity index (χ0n) is 18.1. The molecule has 0 radical (unpaired) electrons. The van der Waals surface area contributed by atoms with E-state index in [9.17, 15) is 14.0 Å². The Morgan fingerprint density at radius 1 is 1.16 bits per heavy atom. The molecule has 1 heterocycles. The molecule has 7 heteroatoms. The number of rotatable bonds is 5. The third-order valence-corrected chi connectivity index (χ3v) is 5.68. The van der Waals surface area contributed by atoms with Gasteiger partial charge in [0, 0.05) is 24.3 Å². The van der Waals surface area contributed by atoms with Crippen LogP contribution in [0.25, 0.3) is 0 Å². The number of nitrogens with one attached hydrogen (secondary N) is 1. The summed E-state index contributed by atoms with van der Waals surface area (Å²) >= 11 is 0. The van der Waals surface area contributed by atoms with Gasteiger partial charge in [0.25, 0.3) is 5.91 Å². The predicted molar refractivity (Wildman–Crippen MR) is 119 cm³/mol. The van der Waals surface area contributed by atoms with Gasteiger partial charge in [-0.25, -0.2) is 4.39 Å². The number of nitrogens with zero attached hydrogens (tertiary/aromatic N) is 1. The lowest BCUT2D eigenvalue weighted by molar-refractivity contribution is -0.153. The van der Waals surface area contributed by atoms with Gasteiger partial charge >= 0.3 is 5.97 Å². The average Bonchev–Trinajstić information content (AvgIpc) is 3.27. The van der Waals surface area contributed by atoms with Gasteiger partial charge < -0.3 is 20.7 Å². The number of halogens is 1. The molecular weight excluding hydrogens is 397 g/mol. The van der Waals surface area contributed by atoms with Crippen molar-refractivity contribution in [1.29, 1.82) is 0 Å². The van der Waals surface area contributed by atoms with E-state index >= 15 is 0 Å². The fraction of sp³-hybridized carbons (Fsp3) is 0.417. The molecule has 2 aromatic carbocycles. The number of carbonyl (C=O) groups is 2. The smallest absolute Gasteiger partial charge is 0.310 e. The number of carbonyl (C=O) groups excluding carboxylic acids is 2. The minimum absolute atomic E-state index is 0.150. The zero-order chi connectivity index (χ0) is 22.3. The van der Waals surface area contributed by atoms with Crippen LogP contribution in [0.4, 0.5) is 21.5 Å². The van der Waals surface area contributed by atoms with E-state index in [4.69, 9.17) is 10.5 Å². The fourth-order valence-electron chi connectivity index (χ4n) is 4.14. The number of ether oxygens (including phenoxy) is 1. The minimum atomic E-state index is -0.650. The summed E-state index contributed by atoms with van der Waals surface area (Å²) in [6.45, 7) is 7.32. The lowest BCUT2D eigenvalue weighted by Crippen LogP contribution is -2.25. The molecule has 4 rings (SSSR count). The molecule has 6 nitrogen and oxygen atoms in total. The van der Waals surface area contributed by atoms with E-state index in [0.29, 0.717) is 22.5 Å². The van der Waals surface area contributed by atoms with Crippen LogP contribution in [0.1, 0.15) is 43.1 Å². The molecule has 2 atom stereocenters. The van der Waals surface area contributed by atoms with Gasteiger partial charge in [-0.1, -0.05) is 0 Å². The van der Waals surface area contributed by atoms with E-state index in [2.05, 4.69) is 10.2 Å². The number of hydrogen-bond acceptors (Lipinski definition) is 5. The van der Waals surface area contributed by atoms with Crippen molar-refractivity contribution < 1.29 is 18.7 Å². The maximum absolute atomic E-state index is 13.8. The molecule has 0 aromatic heterocycles. The highest BCUT2D eigenvalue weighted by molar-refractivity contribution is 6.06. The van der Waals surface area contributed by atoms with Crippen molar-refractivity contribution in [2.75, 3.05) is 29.0 Å². The van der Waals surface area contributed by atoms with Crippen molar-refractivity contribution in [3.05, 3.63) is 53.3 Å². The Hall–Kier alpha value is -3.09. The van der Waals surface area contributed by atoms with Crippen LogP contribution < -0.4 is 16.0 Å². The summed E-state index contributed by atoms with van der Waals surface area (Å²) in [7, 11) is 0. The summed E-state index contributed by atoms with van der Waals surface area (Å²) in [6, 6.07) is 9.19. The first-order valence-electron chi connectivity index (χ1n) is 10.5. The van der Waals surface area contributed by atoms with E-state index in [1.54, 1.807) is 32.9 Å². The van der Waals surface area contributed by atoms with E-state index in [1.165, 1.54) is 24.6 Å². The Kier molecular flexibility index (Phi) is 5.37. The molecule has 3 N–H and O–H groups in total. The molecule has 1 aliphatic heterocycles. The van der Waals surface area contributed by atoms with Crippen molar-refractivity contribution in [3.8, 4) is 0 Å². The van der Waals surface area contributed by atoms with Crippen LogP contribution in [0, 0.1) is 17.7 Å². The summed E-state index contributed by atoms with van der Waals surface area (Å²) < 4.78 is 19.1. The van der Waals surface area contributed by atoms with Crippen molar-refractivity contribution >= 4 is 28.9 Å². The van der Waals surface area contributed by atoms with Gasteiger partial charge in [0.15, 0.2) is 0 Å². The van der Waals surface area contributed by atoms with Gasteiger partial charge in [0.1, 0.15) is 11.4 Å². The van der Waals surface area contributed by atoms with E-state index in [0.717, 1.165) is 30.6 Å². The second-order valence-electron chi connectivity index (χ2n) is 9.45. The van der Waals surface area contributed by atoms with Gasteiger partial charge in [-0.3, -0.25) is 9.59 Å². The van der Waals surface area contributed by atoms with Crippen molar-refractivity contribution in [3.63, 3.8) is 0 Å². The van der Waals surface area contributed by atoms with E-state index in [-0.39, 0.29) is 12.3 Å². The molecule has 2 unspecified atom stereocenters. The maximum Gasteiger partial charge on any atom is 0.310 e. The highest BCUT2D eigenvalue weighted by atomic mass is 19.1. The molecule has 1 saturated heterocycles. The zero-order valence-corrected chi connectivity index (χ0v) is 18.1. The molecule has 0 bridgehead atoms. The SMILES string of the molecule is CC(C)(C)OC(=O)Cc1cc(F)ccc1NC(=O)c1ccc(N2CC3CC3C2)c(N)c1. The summed E-state index contributed by atoms with van der Waals surface area (Å²) in [5, 5.41) is 2.77. The lowest BCUT2D eigenvalue weighted by atomic mass is 10.1. The first kappa shape index (κ1) is 21.2. The number of anilines is 3. The van der Waals surface area contributed by atoms with Gasteiger partial charge in [0.2, 0.25) is 0 Å². The van der Waals surface area contributed by atoms with Crippen molar-refractivity contribution in [2.24, 2.45) is 11.8 Å². The van der Waals surface area contributed by atoms with Crippen LogP contribution in [0.15, 0.2) is 36.4 Å². The van der Waals surface area contributed by atoms with Crippen molar-refractivity contribution in [2.45, 2.75) is 39.2 Å². The van der Waals surface area contributed by atoms with Gasteiger partial charge in [0.05, 0.1) is 17.8 Å². The Morgan fingerprint density at radius 2 is 1.87 bits per heavy atom. The number of hydrogen-bond donors (Lipinski definition) is 2. The number of benzene rings is 2. The minimum Gasteiger partial charge on any atom is -0.460 e. The second-order valence-corrected chi connectivity index (χ2v) is 9.45. The molecule has 1 amide bonds. The molecule has 2 aromatic rings. The topological polar surface area (TPSA) is 84.7 Å². The molecule has 2 fully saturated rings. The number of nitrogen functional groups attached to an aromatic ring is 1. The first-order valence-corrected chi connectivity index (χ1v) is 10.5. The standard InChI is InChI=1S/C24H28FN3O3/c1-24(2,3)31-22(29)11-15-9-18(25)5-6-20(15)27-23(30)14-4-7-21(19(26)10-14)28-12-16-8-17(16)13-28/h4-7,9-10,16-17H,8,11-13,26H2,1-3H3,(H,27,30). The van der Waals surface area contributed by atoms with Gasteiger partial charge in [-0.15, -0.1) is 0 Å². The summed E-state index contributed by atoms with van der Waals surface area (Å²) in [6.07, 6.45) is 1.16. The molecule has 1 saturated carbocycles. The largest absolute Gasteiger partial charge is 0.460 e. The summed E-state index contributed by atoms with van der Waals surface area (Å²) in [4.78, 5) is 27.3. The normalized spacial score (nSPS) is 19.7. The number of nitrogens with two attached hydrogens (primary N) is 1.